The Kier molecular flexibility index (Phi) is 5.60. The van der Waals surface area contributed by atoms with Crippen molar-refractivity contribution in [3.05, 3.63) is 33.9 Å². The topological polar surface area (TPSA) is 72.4 Å². The SMILES string of the molecule is CCCN(CC(C)(C)CN)c1cc(F)cc(F)c1[N+](=O)[O-]. The summed E-state index contributed by atoms with van der Waals surface area (Å²) in [7, 11) is 0. The second-order valence-electron chi connectivity index (χ2n) is 5.80. The summed E-state index contributed by atoms with van der Waals surface area (Å²) in [5.74, 6) is -2.00. The minimum Gasteiger partial charge on any atom is -0.365 e. The lowest BCUT2D eigenvalue weighted by atomic mass is 9.92. The molecule has 1 aromatic carbocycles. The molecule has 0 heterocycles. The molecule has 0 aromatic heterocycles. The molecule has 0 aliphatic heterocycles. The molecule has 7 heteroatoms. The number of halogens is 2. The van der Waals surface area contributed by atoms with Crippen molar-refractivity contribution in [1.29, 1.82) is 0 Å². The third-order valence-electron chi connectivity index (χ3n) is 3.20. The highest BCUT2D eigenvalue weighted by atomic mass is 19.1. The molecule has 2 N–H and O–H groups in total. The Hall–Kier alpha value is -1.76. The molecule has 1 aromatic rings. The smallest absolute Gasteiger partial charge is 0.328 e. The maximum atomic E-state index is 13.7. The van der Waals surface area contributed by atoms with Gasteiger partial charge in [-0.25, -0.2) is 4.39 Å². The zero-order valence-corrected chi connectivity index (χ0v) is 12.5. The third-order valence-corrected chi connectivity index (χ3v) is 3.20. The second kappa shape index (κ2) is 6.80. The molecule has 0 atom stereocenters. The van der Waals surface area contributed by atoms with Crippen LogP contribution in [0.15, 0.2) is 12.1 Å². The highest BCUT2D eigenvalue weighted by Gasteiger charge is 2.29. The largest absolute Gasteiger partial charge is 0.365 e. The number of hydrogen-bond acceptors (Lipinski definition) is 4. The predicted octanol–water partition coefficient (Wildman–Crippen LogP) is 3.07. The van der Waals surface area contributed by atoms with Crippen LogP contribution in [0.4, 0.5) is 20.2 Å². The minimum absolute atomic E-state index is 0.0409. The van der Waals surface area contributed by atoms with Crippen LogP contribution in [0, 0.1) is 27.2 Å². The van der Waals surface area contributed by atoms with Crippen molar-refractivity contribution in [2.24, 2.45) is 11.1 Å². The summed E-state index contributed by atoms with van der Waals surface area (Å²) in [6, 6.07) is 1.53. The summed E-state index contributed by atoms with van der Waals surface area (Å²) >= 11 is 0. The Morgan fingerprint density at radius 2 is 2.00 bits per heavy atom. The van der Waals surface area contributed by atoms with E-state index in [1.54, 1.807) is 4.90 Å². The van der Waals surface area contributed by atoms with Crippen molar-refractivity contribution in [3.8, 4) is 0 Å². The molecule has 0 radical (unpaired) electrons. The summed E-state index contributed by atoms with van der Waals surface area (Å²) in [6.07, 6.45) is 0.690. The van der Waals surface area contributed by atoms with E-state index in [0.29, 0.717) is 32.1 Å². The molecular formula is C14H21F2N3O2. The zero-order chi connectivity index (χ0) is 16.2. The first-order valence-corrected chi connectivity index (χ1v) is 6.80. The van der Waals surface area contributed by atoms with E-state index < -0.39 is 22.2 Å². The lowest BCUT2D eigenvalue weighted by Crippen LogP contribution is -2.39. The average Bonchev–Trinajstić information content (AvgIpc) is 2.36. The zero-order valence-electron chi connectivity index (χ0n) is 12.5. The van der Waals surface area contributed by atoms with E-state index >= 15 is 0 Å². The Morgan fingerprint density at radius 1 is 1.38 bits per heavy atom. The van der Waals surface area contributed by atoms with E-state index in [0.717, 1.165) is 6.07 Å². The number of rotatable bonds is 7. The highest BCUT2D eigenvalue weighted by Crippen LogP contribution is 2.33. The lowest BCUT2D eigenvalue weighted by molar-refractivity contribution is -0.386. The summed E-state index contributed by atoms with van der Waals surface area (Å²) in [6.45, 7) is 6.88. The van der Waals surface area contributed by atoms with Gasteiger partial charge in [-0.05, 0) is 18.4 Å². The van der Waals surface area contributed by atoms with E-state index in [4.69, 9.17) is 5.73 Å². The first-order valence-electron chi connectivity index (χ1n) is 6.80. The molecule has 0 saturated heterocycles. The van der Waals surface area contributed by atoms with Crippen molar-refractivity contribution in [2.75, 3.05) is 24.5 Å². The van der Waals surface area contributed by atoms with E-state index in [-0.39, 0.29) is 11.1 Å². The summed E-state index contributed by atoms with van der Waals surface area (Å²) in [5.41, 5.74) is 4.61. The van der Waals surface area contributed by atoms with Crippen LogP contribution in [-0.2, 0) is 0 Å². The third kappa shape index (κ3) is 4.35. The minimum atomic E-state index is -1.17. The van der Waals surface area contributed by atoms with Crippen molar-refractivity contribution < 1.29 is 13.7 Å². The second-order valence-corrected chi connectivity index (χ2v) is 5.80. The molecule has 0 aliphatic carbocycles. The Balaban J connectivity index is 3.33. The van der Waals surface area contributed by atoms with Gasteiger partial charge < -0.3 is 10.6 Å². The molecular weight excluding hydrogens is 280 g/mol. The van der Waals surface area contributed by atoms with Gasteiger partial charge >= 0.3 is 5.69 Å². The van der Waals surface area contributed by atoms with Gasteiger partial charge in [0.25, 0.3) is 0 Å². The van der Waals surface area contributed by atoms with E-state index in [9.17, 15) is 18.9 Å². The number of benzene rings is 1. The average molecular weight is 301 g/mol. The number of hydrogen-bond donors (Lipinski definition) is 1. The number of nitro groups is 1. The van der Waals surface area contributed by atoms with Crippen molar-refractivity contribution in [1.82, 2.24) is 0 Å². The molecule has 21 heavy (non-hydrogen) atoms. The molecule has 0 unspecified atom stereocenters. The van der Waals surface area contributed by atoms with Crippen LogP contribution in [0.2, 0.25) is 0 Å². The maximum absolute atomic E-state index is 13.7. The van der Waals surface area contributed by atoms with Gasteiger partial charge in [-0.15, -0.1) is 0 Å². The molecule has 5 nitrogen and oxygen atoms in total. The Bertz CT molecular complexity index is 521. The van der Waals surface area contributed by atoms with Crippen LogP contribution in [0.25, 0.3) is 0 Å². The van der Waals surface area contributed by atoms with E-state index in [1.807, 2.05) is 20.8 Å². The number of anilines is 1. The van der Waals surface area contributed by atoms with E-state index in [1.165, 1.54) is 0 Å². The summed E-state index contributed by atoms with van der Waals surface area (Å²) < 4.78 is 27.2. The van der Waals surface area contributed by atoms with Gasteiger partial charge in [0, 0.05) is 25.2 Å². The van der Waals surface area contributed by atoms with Crippen LogP contribution in [0.3, 0.4) is 0 Å². The van der Waals surface area contributed by atoms with Crippen molar-refractivity contribution in [2.45, 2.75) is 27.2 Å². The maximum Gasteiger partial charge on any atom is 0.328 e. The normalized spacial score (nSPS) is 11.5. The Morgan fingerprint density at radius 3 is 2.48 bits per heavy atom. The van der Waals surface area contributed by atoms with E-state index in [2.05, 4.69) is 0 Å². The molecule has 0 aliphatic rings. The fourth-order valence-electron chi connectivity index (χ4n) is 2.11. The van der Waals surface area contributed by atoms with Crippen LogP contribution in [0.5, 0.6) is 0 Å². The van der Waals surface area contributed by atoms with Crippen LogP contribution in [0.1, 0.15) is 27.2 Å². The Labute approximate surface area is 122 Å². The molecule has 1 rings (SSSR count). The van der Waals surface area contributed by atoms with Gasteiger partial charge in [0.1, 0.15) is 11.5 Å². The van der Waals surface area contributed by atoms with Crippen molar-refractivity contribution in [3.63, 3.8) is 0 Å². The number of nitro benzene ring substituents is 1. The van der Waals surface area contributed by atoms with Gasteiger partial charge in [0.15, 0.2) is 0 Å². The fourth-order valence-corrected chi connectivity index (χ4v) is 2.11. The first-order chi connectivity index (χ1) is 9.71. The molecule has 118 valence electrons. The van der Waals surface area contributed by atoms with Crippen molar-refractivity contribution >= 4 is 11.4 Å². The molecule has 0 bridgehead atoms. The van der Waals surface area contributed by atoms with Gasteiger partial charge in [0.05, 0.1) is 4.92 Å². The monoisotopic (exact) mass is 301 g/mol. The summed E-state index contributed by atoms with van der Waals surface area (Å²) in [4.78, 5) is 11.9. The molecule has 0 fully saturated rings. The van der Waals surface area contributed by atoms with Crippen LogP contribution in [-0.4, -0.2) is 24.6 Å². The number of nitrogens with zero attached hydrogens (tertiary/aromatic N) is 2. The fraction of sp³-hybridized carbons (Fsp3) is 0.571. The van der Waals surface area contributed by atoms with Crippen LogP contribution >= 0.6 is 0 Å². The standard InChI is InChI=1S/C14H21F2N3O2/c1-4-5-18(9-14(2,3)8-17)12-7-10(15)6-11(16)13(12)19(20)21/h6-7H,4-5,8-9,17H2,1-3H3. The van der Waals surface area contributed by atoms with Gasteiger partial charge in [0.2, 0.25) is 5.82 Å². The first kappa shape index (κ1) is 17.3. The molecule has 0 saturated carbocycles. The van der Waals surface area contributed by atoms with Gasteiger partial charge in [-0.1, -0.05) is 20.8 Å². The quantitative estimate of drug-likeness (QED) is 0.620. The number of nitrogens with two attached hydrogens (primary N) is 1. The van der Waals surface area contributed by atoms with Gasteiger partial charge in [-0.3, -0.25) is 10.1 Å². The van der Waals surface area contributed by atoms with Gasteiger partial charge in [-0.2, -0.15) is 4.39 Å². The lowest BCUT2D eigenvalue weighted by Gasteiger charge is -2.33. The highest BCUT2D eigenvalue weighted by molar-refractivity contribution is 5.64. The van der Waals surface area contributed by atoms with Crippen LogP contribution < -0.4 is 10.6 Å². The predicted molar refractivity (Wildman–Crippen MR) is 78.4 cm³/mol. The molecule has 0 spiro atoms. The molecule has 0 amide bonds. The summed E-state index contributed by atoms with van der Waals surface area (Å²) in [5, 5.41) is 11.1.